The lowest BCUT2D eigenvalue weighted by Crippen LogP contribution is -2.38. The van der Waals surface area contributed by atoms with Crippen molar-refractivity contribution in [1.82, 2.24) is 4.90 Å². The van der Waals surface area contributed by atoms with Crippen LogP contribution in [0.2, 0.25) is 0 Å². The van der Waals surface area contributed by atoms with Gasteiger partial charge in [-0.05, 0) is 32.5 Å². The van der Waals surface area contributed by atoms with Crippen molar-refractivity contribution >= 4 is 0 Å². The minimum Gasteiger partial charge on any atom is -0.489 e. The summed E-state index contributed by atoms with van der Waals surface area (Å²) in [4.78, 5) is 2.10. The minimum atomic E-state index is -0.564. The maximum absolute atomic E-state index is 9.94. The van der Waals surface area contributed by atoms with Crippen molar-refractivity contribution in [2.75, 3.05) is 20.2 Å². The lowest BCUT2D eigenvalue weighted by atomic mass is 10.2. The third-order valence-electron chi connectivity index (χ3n) is 3.28. The van der Waals surface area contributed by atoms with Crippen LogP contribution in [0, 0.1) is 11.3 Å². The van der Waals surface area contributed by atoms with Gasteiger partial charge < -0.3 is 14.7 Å². The molecule has 0 spiro atoms. The molecule has 0 radical (unpaired) electrons. The van der Waals surface area contributed by atoms with E-state index in [-0.39, 0.29) is 6.61 Å². The van der Waals surface area contributed by atoms with Gasteiger partial charge in [0.05, 0.1) is 5.56 Å². The van der Waals surface area contributed by atoms with E-state index in [2.05, 4.69) is 24.8 Å². The SMILES string of the molecule is CCC(C)N(C)CC(O)COc1ccccc1C#N. The quantitative estimate of drug-likeness (QED) is 0.817. The second-order valence-electron chi connectivity index (χ2n) is 4.77. The predicted octanol–water partition coefficient (Wildman–Crippen LogP) is 2.03. The van der Waals surface area contributed by atoms with Gasteiger partial charge in [-0.25, -0.2) is 0 Å². The van der Waals surface area contributed by atoms with Gasteiger partial charge in [0.25, 0.3) is 0 Å². The highest BCUT2D eigenvalue weighted by Crippen LogP contribution is 2.16. The van der Waals surface area contributed by atoms with E-state index in [4.69, 9.17) is 10.00 Å². The van der Waals surface area contributed by atoms with Crippen LogP contribution >= 0.6 is 0 Å². The smallest absolute Gasteiger partial charge is 0.137 e. The Bertz CT molecular complexity index is 428. The van der Waals surface area contributed by atoms with Crippen LogP contribution in [0.5, 0.6) is 5.75 Å². The topological polar surface area (TPSA) is 56.5 Å². The highest BCUT2D eigenvalue weighted by atomic mass is 16.5. The second kappa shape index (κ2) is 7.78. The number of rotatable bonds is 7. The molecule has 4 nitrogen and oxygen atoms in total. The Morgan fingerprint density at radius 1 is 1.42 bits per heavy atom. The zero-order valence-corrected chi connectivity index (χ0v) is 11.8. The Kier molecular flexibility index (Phi) is 6.34. The summed E-state index contributed by atoms with van der Waals surface area (Å²) in [5, 5.41) is 18.9. The monoisotopic (exact) mass is 262 g/mol. The van der Waals surface area contributed by atoms with Gasteiger partial charge in [-0.1, -0.05) is 19.1 Å². The van der Waals surface area contributed by atoms with Gasteiger partial charge in [-0.15, -0.1) is 0 Å². The zero-order valence-electron chi connectivity index (χ0n) is 11.8. The fourth-order valence-electron chi connectivity index (χ4n) is 1.75. The Labute approximate surface area is 115 Å². The van der Waals surface area contributed by atoms with Crippen LogP contribution in [-0.4, -0.2) is 42.4 Å². The van der Waals surface area contributed by atoms with Gasteiger partial charge in [0.15, 0.2) is 0 Å². The second-order valence-corrected chi connectivity index (χ2v) is 4.77. The molecule has 1 rings (SSSR count). The number of nitriles is 1. The average molecular weight is 262 g/mol. The number of benzene rings is 1. The molecule has 1 aromatic rings. The van der Waals surface area contributed by atoms with E-state index in [1.807, 2.05) is 13.1 Å². The molecule has 0 heterocycles. The van der Waals surface area contributed by atoms with E-state index in [1.165, 1.54) is 0 Å². The molecule has 0 amide bonds. The number of likely N-dealkylation sites (N-methyl/N-ethyl adjacent to an activating group) is 1. The summed E-state index contributed by atoms with van der Waals surface area (Å²) >= 11 is 0. The van der Waals surface area contributed by atoms with Crippen LogP contribution < -0.4 is 4.74 Å². The van der Waals surface area contributed by atoms with E-state index < -0.39 is 6.10 Å². The summed E-state index contributed by atoms with van der Waals surface area (Å²) in [7, 11) is 1.99. The number of hydrogen-bond acceptors (Lipinski definition) is 4. The molecule has 0 fully saturated rings. The summed E-state index contributed by atoms with van der Waals surface area (Å²) in [5.74, 6) is 0.523. The van der Waals surface area contributed by atoms with E-state index >= 15 is 0 Å². The first-order chi connectivity index (χ1) is 9.08. The standard InChI is InChI=1S/C15H22N2O2/c1-4-12(2)17(3)10-14(18)11-19-15-8-6-5-7-13(15)9-16/h5-8,12,14,18H,4,10-11H2,1-3H3. The number of nitrogens with zero attached hydrogens (tertiary/aromatic N) is 2. The molecular weight excluding hydrogens is 240 g/mol. The van der Waals surface area contributed by atoms with Crippen molar-refractivity contribution in [2.24, 2.45) is 0 Å². The molecule has 4 heteroatoms. The van der Waals surface area contributed by atoms with E-state index in [9.17, 15) is 5.11 Å². The normalized spacial score (nSPS) is 13.9. The van der Waals surface area contributed by atoms with E-state index in [1.54, 1.807) is 18.2 Å². The van der Waals surface area contributed by atoms with Gasteiger partial charge in [0, 0.05) is 12.6 Å². The number of hydrogen-bond donors (Lipinski definition) is 1. The molecule has 1 aromatic carbocycles. The van der Waals surface area contributed by atoms with Crippen molar-refractivity contribution in [1.29, 1.82) is 5.26 Å². The summed E-state index contributed by atoms with van der Waals surface area (Å²) in [6, 6.07) is 9.55. The predicted molar refractivity (Wildman–Crippen MR) is 75.0 cm³/mol. The summed E-state index contributed by atoms with van der Waals surface area (Å²) in [6.07, 6.45) is 0.479. The molecule has 0 saturated carbocycles. The highest BCUT2D eigenvalue weighted by Gasteiger charge is 2.13. The molecule has 104 valence electrons. The van der Waals surface area contributed by atoms with Crippen LogP contribution in [0.4, 0.5) is 0 Å². The maximum Gasteiger partial charge on any atom is 0.137 e. The Morgan fingerprint density at radius 2 is 2.11 bits per heavy atom. The highest BCUT2D eigenvalue weighted by molar-refractivity contribution is 5.42. The van der Waals surface area contributed by atoms with Crippen molar-refractivity contribution < 1.29 is 9.84 Å². The largest absolute Gasteiger partial charge is 0.489 e. The number of para-hydroxylation sites is 1. The van der Waals surface area contributed by atoms with Gasteiger partial charge in [-0.2, -0.15) is 5.26 Å². The van der Waals surface area contributed by atoms with Crippen molar-refractivity contribution in [3.8, 4) is 11.8 Å². The first-order valence-corrected chi connectivity index (χ1v) is 6.58. The Hall–Kier alpha value is -1.57. The van der Waals surface area contributed by atoms with E-state index in [0.717, 1.165) is 6.42 Å². The van der Waals surface area contributed by atoms with Gasteiger partial charge in [-0.3, -0.25) is 0 Å². The van der Waals surface area contributed by atoms with Crippen LogP contribution in [0.3, 0.4) is 0 Å². The number of aliphatic hydroxyl groups excluding tert-OH is 1. The van der Waals surface area contributed by atoms with E-state index in [0.29, 0.717) is 23.9 Å². The Morgan fingerprint density at radius 3 is 2.74 bits per heavy atom. The third-order valence-corrected chi connectivity index (χ3v) is 3.28. The molecule has 2 atom stereocenters. The maximum atomic E-state index is 9.94. The summed E-state index contributed by atoms with van der Waals surface area (Å²) < 4.78 is 5.50. The molecule has 0 bridgehead atoms. The fourth-order valence-corrected chi connectivity index (χ4v) is 1.75. The molecule has 0 saturated heterocycles. The molecule has 1 N–H and O–H groups in total. The van der Waals surface area contributed by atoms with Gasteiger partial charge >= 0.3 is 0 Å². The third kappa shape index (κ3) is 4.90. The molecule has 0 aliphatic rings. The van der Waals surface area contributed by atoms with Crippen LogP contribution in [0.25, 0.3) is 0 Å². The molecule has 0 aliphatic carbocycles. The molecule has 19 heavy (non-hydrogen) atoms. The zero-order chi connectivity index (χ0) is 14.3. The summed E-state index contributed by atoms with van der Waals surface area (Å²) in [6.45, 7) is 5.00. The van der Waals surface area contributed by atoms with Crippen molar-refractivity contribution in [3.05, 3.63) is 29.8 Å². The van der Waals surface area contributed by atoms with Crippen LogP contribution in [0.15, 0.2) is 24.3 Å². The first kappa shape index (κ1) is 15.5. The van der Waals surface area contributed by atoms with Crippen LogP contribution in [0.1, 0.15) is 25.8 Å². The molecule has 0 aliphatic heterocycles. The van der Waals surface area contributed by atoms with Crippen molar-refractivity contribution in [3.63, 3.8) is 0 Å². The Balaban J connectivity index is 2.46. The molecule has 0 aromatic heterocycles. The van der Waals surface area contributed by atoms with Gasteiger partial charge in [0.1, 0.15) is 24.5 Å². The minimum absolute atomic E-state index is 0.194. The lowest BCUT2D eigenvalue weighted by Gasteiger charge is -2.26. The number of aliphatic hydroxyl groups is 1. The van der Waals surface area contributed by atoms with Crippen LogP contribution in [-0.2, 0) is 0 Å². The fraction of sp³-hybridized carbons (Fsp3) is 0.533. The lowest BCUT2D eigenvalue weighted by molar-refractivity contribution is 0.0648. The number of ether oxygens (including phenoxy) is 1. The molecular formula is C15H22N2O2. The first-order valence-electron chi connectivity index (χ1n) is 6.58. The van der Waals surface area contributed by atoms with Crippen molar-refractivity contribution in [2.45, 2.75) is 32.4 Å². The van der Waals surface area contributed by atoms with Gasteiger partial charge in [0.2, 0.25) is 0 Å². The summed E-state index contributed by atoms with van der Waals surface area (Å²) in [5.41, 5.74) is 0.491. The molecule has 2 unspecified atom stereocenters. The average Bonchev–Trinajstić information content (AvgIpc) is 2.44.